The van der Waals surface area contributed by atoms with E-state index in [1.807, 2.05) is 12.1 Å². The van der Waals surface area contributed by atoms with Crippen molar-refractivity contribution in [1.82, 2.24) is 0 Å². The van der Waals surface area contributed by atoms with Crippen molar-refractivity contribution in [3.63, 3.8) is 0 Å². The van der Waals surface area contributed by atoms with Crippen LogP contribution in [0.2, 0.25) is 5.02 Å². The number of esters is 1. The third-order valence-electron chi connectivity index (χ3n) is 3.36. The van der Waals surface area contributed by atoms with Crippen LogP contribution in [0.5, 0.6) is 5.75 Å². The number of benzene rings is 3. The van der Waals surface area contributed by atoms with Crippen LogP contribution < -0.4 is 4.74 Å². The lowest BCUT2D eigenvalue weighted by Crippen LogP contribution is -2.08. The summed E-state index contributed by atoms with van der Waals surface area (Å²) in [6.07, 6.45) is 1.70. The minimum Gasteiger partial charge on any atom is -0.423 e. The van der Waals surface area contributed by atoms with Crippen molar-refractivity contribution in [2.45, 2.75) is 0 Å². The van der Waals surface area contributed by atoms with E-state index in [1.54, 1.807) is 42.6 Å². The minimum atomic E-state index is -0.539. The van der Waals surface area contributed by atoms with E-state index in [0.717, 1.165) is 11.3 Å². The van der Waals surface area contributed by atoms with Gasteiger partial charge in [0.1, 0.15) is 11.6 Å². The molecule has 0 aromatic heterocycles. The van der Waals surface area contributed by atoms with E-state index in [-0.39, 0.29) is 5.56 Å². The van der Waals surface area contributed by atoms with Crippen molar-refractivity contribution >= 4 is 29.5 Å². The molecular formula is C20H13ClFNO2. The van der Waals surface area contributed by atoms with Crippen LogP contribution in [-0.4, -0.2) is 12.2 Å². The van der Waals surface area contributed by atoms with Crippen LogP contribution in [0.15, 0.2) is 77.8 Å². The average molecular weight is 354 g/mol. The number of hydrogen-bond donors (Lipinski definition) is 0. The first-order valence-electron chi connectivity index (χ1n) is 7.47. The van der Waals surface area contributed by atoms with E-state index in [9.17, 15) is 9.18 Å². The number of halogens is 2. The van der Waals surface area contributed by atoms with E-state index >= 15 is 0 Å². The second kappa shape index (κ2) is 7.73. The Morgan fingerprint density at radius 2 is 1.56 bits per heavy atom. The normalized spacial score (nSPS) is 10.8. The Balaban J connectivity index is 1.64. The van der Waals surface area contributed by atoms with Gasteiger partial charge in [0, 0.05) is 11.2 Å². The van der Waals surface area contributed by atoms with Crippen molar-refractivity contribution in [2.24, 2.45) is 4.99 Å². The third-order valence-corrected chi connectivity index (χ3v) is 3.61. The lowest BCUT2D eigenvalue weighted by atomic mass is 10.2. The maximum atomic E-state index is 12.9. The Morgan fingerprint density at radius 1 is 0.920 bits per heavy atom. The molecule has 0 radical (unpaired) electrons. The standard InChI is InChI=1S/C20H13ClFNO2/c21-16-5-9-18(10-6-16)23-13-14-1-11-19(12-2-14)25-20(24)15-3-7-17(22)8-4-15/h1-13H. The molecule has 0 aliphatic heterocycles. The molecule has 3 nitrogen and oxygen atoms in total. The largest absolute Gasteiger partial charge is 0.423 e. The first-order chi connectivity index (χ1) is 12.1. The molecule has 0 aliphatic rings. The minimum absolute atomic E-state index is 0.287. The lowest BCUT2D eigenvalue weighted by Gasteiger charge is -2.04. The van der Waals surface area contributed by atoms with Crippen molar-refractivity contribution in [3.05, 3.63) is 94.8 Å². The van der Waals surface area contributed by atoms with Crippen LogP contribution in [-0.2, 0) is 0 Å². The van der Waals surface area contributed by atoms with Crippen LogP contribution in [0.1, 0.15) is 15.9 Å². The van der Waals surface area contributed by atoms with Gasteiger partial charge in [-0.25, -0.2) is 9.18 Å². The van der Waals surface area contributed by atoms with Gasteiger partial charge in [0.2, 0.25) is 0 Å². The molecule has 3 rings (SSSR count). The smallest absolute Gasteiger partial charge is 0.343 e. The molecule has 0 bridgehead atoms. The predicted molar refractivity (Wildman–Crippen MR) is 96.5 cm³/mol. The number of rotatable bonds is 4. The van der Waals surface area contributed by atoms with Crippen molar-refractivity contribution in [1.29, 1.82) is 0 Å². The maximum Gasteiger partial charge on any atom is 0.343 e. The van der Waals surface area contributed by atoms with E-state index in [1.165, 1.54) is 24.3 Å². The van der Waals surface area contributed by atoms with Crippen molar-refractivity contribution < 1.29 is 13.9 Å². The van der Waals surface area contributed by atoms with Crippen molar-refractivity contribution in [2.75, 3.05) is 0 Å². The summed E-state index contributed by atoms with van der Waals surface area (Å²) in [5, 5.41) is 0.659. The molecule has 25 heavy (non-hydrogen) atoms. The zero-order chi connectivity index (χ0) is 17.6. The van der Waals surface area contributed by atoms with Crippen LogP contribution in [0.25, 0.3) is 0 Å². The molecule has 0 saturated carbocycles. The van der Waals surface area contributed by atoms with Gasteiger partial charge in [-0.05, 0) is 78.4 Å². The van der Waals surface area contributed by atoms with Gasteiger partial charge in [-0.2, -0.15) is 0 Å². The van der Waals surface area contributed by atoms with Gasteiger partial charge in [-0.1, -0.05) is 11.6 Å². The molecule has 5 heteroatoms. The summed E-state index contributed by atoms with van der Waals surface area (Å²) in [6, 6.07) is 19.3. The van der Waals surface area contributed by atoms with Crippen LogP contribution >= 0.6 is 11.6 Å². The topological polar surface area (TPSA) is 38.7 Å². The summed E-state index contributed by atoms with van der Waals surface area (Å²) in [5.74, 6) is -0.540. The van der Waals surface area contributed by atoms with E-state index in [2.05, 4.69) is 4.99 Å². The Labute approximate surface area is 149 Å². The highest BCUT2D eigenvalue weighted by Gasteiger charge is 2.08. The number of carbonyl (C=O) groups excluding carboxylic acids is 1. The van der Waals surface area contributed by atoms with Gasteiger partial charge in [0.05, 0.1) is 11.3 Å². The summed E-state index contributed by atoms with van der Waals surface area (Å²) in [7, 11) is 0. The molecule has 0 unspecified atom stereocenters. The van der Waals surface area contributed by atoms with Gasteiger partial charge in [-0.3, -0.25) is 4.99 Å². The molecular weight excluding hydrogens is 341 g/mol. The van der Waals surface area contributed by atoms with Gasteiger partial charge in [-0.15, -0.1) is 0 Å². The summed E-state index contributed by atoms with van der Waals surface area (Å²) < 4.78 is 18.1. The molecule has 3 aromatic carbocycles. The molecule has 0 heterocycles. The fraction of sp³-hybridized carbons (Fsp3) is 0. The molecule has 0 saturated heterocycles. The molecule has 0 N–H and O–H groups in total. The van der Waals surface area contributed by atoms with Gasteiger partial charge in [0.15, 0.2) is 0 Å². The summed E-state index contributed by atoms with van der Waals surface area (Å²) in [4.78, 5) is 16.3. The zero-order valence-corrected chi connectivity index (χ0v) is 13.8. The highest BCUT2D eigenvalue weighted by molar-refractivity contribution is 6.30. The molecule has 0 amide bonds. The van der Waals surface area contributed by atoms with Gasteiger partial charge < -0.3 is 4.74 Å². The van der Waals surface area contributed by atoms with Crippen LogP contribution in [0.3, 0.4) is 0 Å². The average Bonchev–Trinajstić information content (AvgIpc) is 2.63. The first-order valence-corrected chi connectivity index (χ1v) is 7.85. The lowest BCUT2D eigenvalue weighted by molar-refractivity contribution is 0.0734. The van der Waals surface area contributed by atoms with E-state index in [0.29, 0.717) is 10.8 Å². The Kier molecular flexibility index (Phi) is 5.21. The molecule has 0 spiro atoms. The zero-order valence-electron chi connectivity index (χ0n) is 13.0. The fourth-order valence-corrected chi connectivity index (χ4v) is 2.18. The Hall–Kier alpha value is -2.98. The number of ether oxygens (including phenoxy) is 1. The molecule has 0 aliphatic carbocycles. The SMILES string of the molecule is O=C(Oc1ccc(C=Nc2ccc(Cl)cc2)cc1)c1ccc(F)cc1. The molecule has 3 aromatic rings. The third kappa shape index (κ3) is 4.75. The summed E-state index contributed by atoms with van der Waals surface area (Å²) in [6.45, 7) is 0. The predicted octanol–water partition coefficient (Wildman–Crippen LogP) is 5.45. The van der Waals surface area contributed by atoms with Crippen LogP contribution in [0, 0.1) is 5.82 Å². The maximum absolute atomic E-state index is 12.9. The summed E-state index contributed by atoms with van der Waals surface area (Å²) in [5.41, 5.74) is 1.93. The second-order valence-corrected chi connectivity index (χ2v) is 5.64. The molecule has 124 valence electrons. The van der Waals surface area contributed by atoms with E-state index < -0.39 is 11.8 Å². The van der Waals surface area contributed by atoms with Crippen molar-refractivity contribution in [3.8, 4) is 5.75 Å². The number of aliphatic imine (C=N–C) groups is 1. The highest BCUT2D eigenvalue weighted by atomic mass is 35.5. The highest BCUT2D eigenvalue weighted by Crippen LogP contribution is 2.17. The van der Waals surface area contributed by atoms with E-state index in [4.69, 9.17) is 16.3 Å². The summed E-state index contributed by atoms with van der Waals surface area (Å²) >= 11 is 5.83. The van der Waals surface area contributed by atoms with Gasteiger partial charge >= 0.3 is 5.97 Å². The Morgan fingerprint density at radius 3 is 2.20 bits per heavy atom. The molecule has 0 fully saturated rings. The first kappa shape index (κ1) is 16.9. The monoisotopic (exact) mass is 353 g/mol. The Bertz CT molecular complexity index is 888. The number of nitrogens with zero attached hydrogens (tertiary/aromatic N) is 1. The fourth-order valence-electron chi connectivity index (χ4n) is 2.05. The quantitative estimate of drug-likeness (QED) is 0.355. The number of carbonyl (C=O) groups is 1. The number of hydrogen-bond acceptors (Lipinski definition) is 3. The van der Waals surface area contributed by atoms with Gasteiger partial charge in [0.25, 0.3) is 0 Å². The van der Waals surface area contributed by atoms with Crippen LogP contribution in [0.4, 0.5) is 10.1 Å². The molecule has 0 atom stereocenters. The second-order valence-electron chi connectivity index (χ2n) is 5.20.